The SMILES string of the molecule is CCOc1cc(C=CCO)ccc1OCc1ccccc1. The molecular weight excluding hydrogens is 264 g/mol. The van der Waals surface area contributed by atoms with Crippen molar-refractivity contribution in [2.24, 2.45) is 0 Å². The van der Waals surface area contributed by atoms with Gasteiger partial charge in [0.2, 0.25) is 0 Å². The molecule has 0 aliphatic heterocycles. The van der Waals surface area contributed by atoms with Gasteiger partial charge in [-0.05, 0) is 30.2 Å². The maximum absolute atomic E-state index is 8.82. The van der Waals surface area contributed by atoms with E-state index < -0.39 is 0 Å². The van der Waals surface area contributed by atoms with Crippen molar-refractivity contribution in [3.63, 3.8) is 0 Å². The van der Waals surface area contributed by atoms with Gasteiger partial charge in [-0.3, -0.25) is 0 Å². The van der Waals surface area contributed by atoms with E-state index in [1.807, 2.05) is 61.5 Å². The molecule has 0 atom stereocenters. The fraction of sp³-hybridized carbons (Fsp3) is 0.222. The van der Waals surface area contributed by atoms with E-state index in [0.717, 1.165) is 16.9 Å². The summed E-state index contributed by atoms with van der Waals surface area (Å²) in [6.45, 7) is 3.05. The molecule has 110 valence electrons. The molecule has 2 aromatic rings. The Hall–Kier alpha value is -2.26. The number of hydrogen-bond acceptors (Lipinski definition) is 3. The third-order valence-electron chi connectivity index (χ3n) is 2.92. The molecule has 21 heavy (non-hydrogen) atoms. The molecule has 0 bridgehead atoms. The molecule has 0 fully saturated rings. The minimum atomic E-state index is 0.0240. The fourth-order valence-corrected chi connectivity index (χ4v) is 1.94. The summed E-state index contributed by atoms with van der Waals surface area (Å²) in [6, 6.07) is 15.8. The van der Waals surface area contributed by atoms with Crippen molar-refractivity contribution < 1.29 is 14.6 Å². The molecule has 2 aromatic carbocycles. The van der Waals surface area contributed by atoms with Gasteiger partial charge in [0.25, 0.3) is 0 Å². The highest BCUT2D eigenvalue weighted by Gasteiger charge is 2.06. The van der Waals surface area contributed by atoms with Crippen LogP contribution in [-0.4, -0.2) is 18.3 Å². The largest absolute Gasteiger partial charge is 0.490 e. The maximum atomic E-state index is 8.82. The van der Waals surface area contributed by atoms with Crippen LogP contribution in [0.1, 0.15) is 18.1 Å². The molecule has 0 aliphatic rings. The monoisotopic (exact) mass is 284 g/mol. The molecule has 0 aliphatic carbocycles. The van der Waals surface area contributed by atoms with E-state index >= 15 is 0 Å². The highest BCUT2D eigenvalue weighted by molar-refractivity contribution is 5.56. The summed E-state index contributed by atoms with van der Waals surface area (Å²) in [7, 11) is 0. The van der Waals surface area contributed by atoms with Gasteiger partial charge in [-0.1, -0.05) is 48.6 Å². The molecule has 3 nitrogen and oxygen atoms in total. The first-order valence-corrected chi connectivity index (χ1v) is 7.04. The molecular formula is C18H20O3. The molecule has 0 aromatic heterocycles. The fourth-order valence-electron chi connectivity index (χ4n) is 1.94. The lowest BCUT2D eigenvalue weighted by molar-refractivity contribution is 0.269. The summed E-state index contributed by atoms with van der Waals surface area (Å²) >= 11 is 0. The second-order valence-electron chi connectivity index (χ2n) is 4.50. The third-order valence-corrected chi connectivity index (χ3v) is 2.92. The van der Waals surface area contributed by atoms with Crippen LogP contribution in [0.5, 0.6) is 11.5 Å². The van der Waals surface area contributed by atoms with Gasteiger partial charge in [0.15, 0.2) is 11.5 Å². The van der Waals surface area contributed by atoms with Crippen molar-refractivity contribution in [1.82, 2.24) is 0 Å². The summed E-state index contributed by atoms with van der Waals surface area (Å²) in [5, 5.41) is 8.82. The number of ether oxygens (including phenoxy) is 2. The van der Waals surface area contributed by atoms with E-state index in [0.29, 0.717) is 19.0 Å². The molecule has 0 saturated heterocycles. The van der Waals surface area contributed by atoms with Gasteiger partial charge in [-0.2, -0.15) is 0 Å². The van der Waals surface area contributed by atoms with Crippen molar-refractivity contribution in [1.29, 1.82) is 0 Å². The van der Waals surface area contributed by atoms with Gasteiger partial charge in [-0.15, -0.1) is 0 Å². The smallest absolute Gasteiger partial charge is 0.161 e. The second kappa shape index (κ2) is 8.12. The predicted molar refractivity (Wildman–Crippen MR) is 84.5 cm³/mol. The Kier molecular flexibility index (Phi) is 5.85. The summed E-state index contributed by atoms with van der Waals surface area (Å²) in [6.07, 6.45) is 3.54. The lowest BCUT2D eigenvalue weighted by Crippen LogP contribution is -1.99. The van der Waals surface area contributed by atoms with Crippen LogP contribution in [0, 0.1) is 0 Å². The van der Waals surface area contributed by atoms with Gasteiger partial charge in [0, 0.05) is 0 Å². The Morgan fingerprint density at radius 2 is 1.81 bits per heavy atom. The molecule has 0 radical (unpaired) electrons. The summed E-state index contributed by atoms with van der Waals surface area (Å²) in [5.74, 6) is 1.44. The second-order valence-corrected chi connectivity index (χ2v) is 4.50. The third kappa shape index (κ3) is 4.65. The van der Waals surface area contributed by atoms with Crippen LogP contribution in [0.15, 0.2) is 54.6 Å². The van der Waals surface area contributed by atoms with Crippen molar-refractivity contribution in [3.8, 4) is 11.5 Å². The summed E-state index contributed by atoms with van der Waals surface area (Å²) < 4.78 is 11.5. The van der Waals surface area contributed by atoms with Crippen LogP contribution in [0.2, 0.25) is 0 Å². The lowest BCUT2D eigenvalue weighted by Gasteiger charge is -2.12. The standard InChI is InChI=1S/C18H20O3/c1-2-20-18-13-15(9-6-12-19)10-11-17(18)21-14-16-7-4-3-5-8-16/h3-11,13,19H,2,12,14H2,1H3. The van der Waals surface area contributed by atoms with E-state index in [9.17, 15) is 0 Å². The van der Waals surface area contributed by atoms with Gasteiger partial charge >= 0.3 is 0 Å². The Balaban J connectivity index is 2.12. The van der Waals surface area contributed by atoms with Gasteiger partial charge in [0.05, 0.1) is 13.2 Å². The highest BCUT2D eigenvalue weighted by Crippen LogP contribution is 2.29. The van der Waals surface area contributed by atoms with Crippen LogP contribution in [0.4, 0.5) is 0 Å². The first-order chi connectivity index (χ1) is 10.3. The molecule has 0 saturated carbocycles. The number of aliphatic hydroxyl groups excluding tert-OH is 1. The summed E-state index contributed by atoms with van der Waals surface area (Å²) in [5.41, 5.74) is 2.09. The normalized spacial score (nSPS) is 10.8. The van der Waals surface area contributed by atoms with Crippen molar-refractivity contribution >= 4 is 6.08 Å². The Morgan fingerprint density at radius 3 is 2.52 bits per heavy atom. The van der Waals surface area contributed by atoms with Gasteiger partial charge < -0.3 is 14.6 Å². The zero-order chi connectivity index (χ0) is 14.9. The summed E-state index contributed by atoms with van der Waals surface area (Å²) in [4.78, 5) is 0. The number of rotatable bonds is 7. The molecule has 0 unspecified atom stereocenters. The zero-order valence-corrected chi connectivity index (χ0v) is 12.2. The van der Waals surface area contributed by atoms with Gasteiger partial charge in [-0.25, -0.2) is 0 Å². The average Bonchev–Trinajstić information content (AvgIpc) is 2.53. The van der Waals surface area contributed by atoms with Gasteiger partial charge in [0.1, 0.15) is 6.61 Å². The quantitative estimate of drug-likeness (QED) is 0.843. The predicted octanol–water partition coefficient (Wildman–Crippen LogP) is 3.67. The Bertz CT molecular complexity index is 576. The zero-order valence-electron chi connectivity index (χ0n) is 12.2. The van der Waals surface area contributed by atoms with Crippen molar-refractivity contribution in [2.75, 3.05) is 13.2 Å². The average molecular weight is 284 g/mol. The molecule has 0 amide bonds. The number of hydrogen-bond donors (Lipinski definition) is 1. The van der Waals surface area contributed by atoms with Crippen molar-refractivity contribution in [2.45, 2.75) is 13.5 Å². The first-order valence-electron chi connectivity index (χ1n) is 7.04. The minimum Gasteiger partial charge on any atom is -0.490 e. The highest BCUT2D eigenvalue weighted by atomic mass is 16.5. The minimum absolute atomic E-state index is 0.0240. The lowest BCUT2D eigenvalue weighted by atomic mass is 10.2. The molecule has 0 spiro atoms. The molecule has 3 heteroatoms. The number of benzene rings is 2. The number of aliphatic hydroxyl groups is 1. The van der Waals surface area contributed by atoms with E-state index in [-0.39, 0.29) is 6.61 Å². The van der Waals surface area contributed by atoms with Crippen molar-refractivity contribution in [3.05, 3.63) is 65.7 Å². The molecule has 1 N–H and O–H groups in total. The van der Waals surface area contributed by atoms with Crippen LogP contribution < -0.4 is 9.47 Å². The van der Waals surface area contributed by atoms with E-state index in [1.54, 1.807) is 6.08 Å². The molecule has 0 heterocycles. The van der Waals surface area contributed by atoms with Crippen LogP contribution in [0.25, 0.3) is 6.08 Å². The molecule has 2 rings (SSSR count). The van der Waals surface area contributed by atoms with E-state index in [1.165, 1.54) is 0 Å². The van der Waals surface area contributed by atoms with Crippen LogP contribution in [0.3, 0.4) is 0 Å². The van der Waals surface area contributed by atoms with Crippen LogP contribution >= 0.6 is 0 Å². The van der Waals surface area contributed by atoms with E-state index in [2.05, 4.69) is 0 Å². The van der Waals surface area contributed by atoms with E-state index in [4.69, 9.17) is 14.6 Å². The Morgan fingerprint density at radius 1 is 1.00 bits per heavy atom. The van der Waals surface area contributed by atoms with Crippen LogP contribution in [-0.2, 0) is 6.61 Å². The topological polar surface area (TPSA) is 38.7 Å². The Labute approximate surface area is 125 Å². The first kappa shape index (κ1) is 15.1. The maximum Gasteiger partial charge on any atom is 0.161 e.